The molecule has 2 atom stereocenters. The van der Waals surface area contributed by atoms with Crippen LogP contribution < -0.4 is 28.4 Å². The van der Waals surface area contributed by atoms with E-state index >= 15 is 0 Å². The third-order valence-electron chi connectivity index (χ3n) is 27.7. The molecule has 134 heavy (non-hydrogen) atoms. The van der Waals surface area contributed by atoms with E-state index in [4.69, 9.17) is 28.4 Å². The summed E-state index contributed by atoms with van der Waals surface area (Å²) in [5, 5.41) is 0. The van der Waals surface area contributed by atoms with Crippen LogP contribution in [0.25, 0.3) is 39.0 Å². The van der Waals surface area contributed by atoms with Gasteiger partial charge in [0.2, 0.25) is 0 Å². The second-order valence-electron chi connectivity index (χ2n) is 40.3. The summed E-state index contributed by atoms with van der Waals surface area (Å²) in [6.07, 6.45) is 46.6. The van der Waals surface area contributed by atoms with E-state index in [9.17, 15) is 0 Å². The number of fused-ring (bicyclic) bond motifs is 12. The second kappa shape index (κ2) is 50.9. The average Bonchev–Trinajstić information content (AvgIpc) is 1.56. The van der Waals surface area contributed by atoms with Gasteiger partial charge in [0.05, 0.1) is 52.2 Å². The summed E-state index contributed by atoms with van der Waals surface area (Å²) in [6.45, 7) is 42.6. The Hall–Kier alpha value is -6.72. The Labute approximate surface area is 841 Å². The monoisotopic (exact) mass is 1950 g/mol. The highest BCUT2D eigenvalue weighted by Gasteiger charge is 2.50. The van der Waals surface area contributed by atoms with Gasteiger partial charge in [0, 0.05) is 83.5 Å². The average molecular weight is 1960 g/mol. The molecule has 12 heterocycles. The van der Waals surface area contributed by atoms with Gasteiger partial charge in [-0.15, -0.1) is 90.7 Å². The molecule has 4 aromatic carbocycles. The first-order chi connectivity index (χ1) is 64.9. The Balaban J connectivity index is 0.000000154. The zero-order chi connectivity index (χ0) is 94.8. The Kier molecular flexibility index (Phi) is 39.8. The van der Waals surface area contributed by atoms with E-state index in [2.05, 4.69) is 282 Å². The lowest BCUT2D eigenvalue weighted by atomic mass is 9.78. The van der Waals surface area contributed by atoms with Crippen molar-refractivity contribution >= 4 is 90.7 Å². The maximum atomic E-state index is 7.16. The molecule has 0 N–H and O–H groups in total. The molecular weight excluding hydrogens is 1790 g/mol. The molecule has 12 aromatic rings. The summed E-state index contributed by atoms with van der Waals surface area (Å²) in [5.74, 6) is 9.25. The lowest BCUT2D eigenvalue weighted by molar-refractivity contribution is 0.0323. The van der Waals surface area contributed by atoms with Crippen molar-refractivity contribution in [3.63, 3.8) is 0 Å². The minimum Gasteiger partial charge on any atom is -0.494 e. The molecule has 4 aliphatic rings. The fourth-order valence-corrected chi connectivity index (χ4v) is 29.1. The first kappa shape index (κ1) is 105. The highest BCUT2D eigenvalue weighted by molar-refractivity contribution is 7.24. The fraction of sp³-hybridized carbons (Fsp3) is 0.533. The minimum atomic E-state index is -0.754. The molecule has 0 bridgehead atoms. The van der Waals surface area contributed by atoms with Crippen molar-refractivity contribution in [1.82, 2.24) is 0 Å². The molecule has 6 nitrogen and oxygen atoms in total. The largest absolute Gasteiger partial charge is 0.494 e. The van der Waals surface area contributed by atoms with Crippen molar-refractivity contribution in [3.05, 3.63) is 241 Å². The Morgan fingerprint density at radius 3 is 0.828 bits per heavy atom. The molecular formula is C120H160O6S8. The predicted octanol–water partition coefficient (Wildman–Crippen LogP) is 40.4. The van der Waals surface area contributed by atoms with E-state index in [1.54, 1.807) is 0 Å². The van der Waals surface area contributed by atoms with Gasteiger partial charge in [0.1, 0.15) is 45.7 Å². The predicted molar refractivity (Wildman–Crippen MR) is 588 cm³/mol. The summed E-state index contributed by atoms with van der Waals surface area (Å²) >= 11 is 15.2. The Morgan fingerprint density at radius 1 is 0.246 bits per heavy atom. The standard InChI is InChI=1S/C39H50O3S2.C31H50OS2.C27H42OS2.C23H18OS2/c1-5-7-9-11-13-15-25-40-33-21-17-31(18-22-33)39(32-19-23-34(24-20-32)41-26-16-14-12-10-8-6-2)35-27-29(3)43-37(35)38-36(42-39)28-30(4)44-38;1-21(2)11-9-13-23(5)15-17-31(18-16-24(6)14-10-12-22(3)4)27-19-25(7)33-29(27)30-28(32-31)20-26(8)34-30;1-5-7-9-11-13-15-17-27(18-16-14-12-10-8-6-2)23-19-21(3)29-25(23)26-24(28-27)20-22(4)30-26;1-15-13-19-21(25-15)22-20(14-16(2)26-22)24-23(19,17-9-5-3-6-10-17)18-11-7-4-8-12-18/h17-24,27-28H,5-16,25-26H2,1-4H3;19-24H,9-18H2,1-8H3;19-20H,5-18H2,1-4H3;3-14H,1-2H3. The molecule has 0 amide bonds. The third kappa shape index (κ3) is 26.7. The number of ether oxygens (including phenoxy) is 6. The van der Waals surface area contributed by atoms with Crippen molar-refractivity contribution in [2.75, 3.05) is 13.2 Å². The quantitative estimate of drug-likeness (QED) is 0.0354. The number of benzene rings is 4. The zero-order valence-electron chi connectivity index (χ0n) is 84.9. The maximum absolute atomic E-state index is 7.16. The summed E-state index contributed by atoms with van der Waals surface area (Å²) in [7, 11) is 0. The summed E-state index contributed by atoms with van der Waals surface area (Å²) < 4.78 is 40.4. The van der Waals surface area contributed by atoms with Gasteiger partial charge in [-0.25, -0.2) is 0 Å². The van der Waals surface area contributed by atoms with E-state index in [0.717, 1.165) is 108 Å². The van der Waals surface area contributed by atoms with E-state index in [1.807, 2.05) is 90.7 Å². The molecule has 0 fully saturated rings. The third-order valence-corrected chi connectivity index (χ3v) is 36.7. The minimum absolute atomic E-state index is 0.101. The highest BCUT2D eigenvalue weighted by atomic mass is 32.1. The van der Waals surface area contributed by atoms with Crippen LogP contribution in [0, 0.1) is 79.1 Å². The van der Waals surface area contributed by atoms with Crippen LogP contribution in [0.1, 0.15) is 384 Å². The molecule has 4 aliphatic heterocycles. The zero-order valence-corrected chi connectivity index (χ0v) is 91.4. The fourth-order valence-electron chi connectivity index (χ4n) is 20.4. The molecule has 0 spiro atoms. The van der Waals surface area contributed by atoms with Crippen LogP contribution in [0.15, 0.2) is 158 Å². The molecule has 724 valence electrons. The molecule has 8 aromatic heterocycles. The topological polar surface area (TPSA) is 55.4 Å². The van der Waals surface area contributed by atoms with Crippen LogP contribution in [0.4, 0.5) is 0 Å². The lowest BCUT2D eigenvalue weighted by Gasteiger charge is -2.39. The Bertz CT molecular complexity index is 5350. The number of aryl methyl sites for hydroxylation is 8. The van der Waals surface area contributed by atoms with Crippen LogP contribution in [0.3, 0.4) is 0 Å². The number of hydrogen-bond donors (Lipinski definition) is 0. The molecule has 14 heteroatoms. The van der Waals surface area contributed by atoms with Crippen molar-refractivity contribution in [2.45, 2.75) is 378 Å². The van der Waals surface area contributed by atoms with Gasteiger partial charge < -0.3 is 28.4 Å². The number of thiophene rings is 8. The first-order valence-electron chi connectivity index (χ1n) is 52.1. The van der Waals surface area contributed by atoms with Gasteiger partial charge in [-0.2, -0.15) is 0 Å². The number of unbranched alkanes of at least 4 members (excludes halogenated alkanes) is 20. The summed E-state index contributed by atoms with van der Waals surface area (Å²) in [6, 6.07) is 56.9. The van der Waals surface area contributed by atoms with Gasteiger partial charge in [-0.3, -0.25) is 0 Å². The lowest BCUT2D eigenvalue weighted by Crippen LogP contribution is -2.37. The first-order valence-corrected chi connectivity index (χ1v) is 58.7. The molecule has 0 saturated heterocycles. The van der Waals surface area contributed by atoms with Crippen molar-refractivity contribution in [1.29, 1.82) is 0 Å². The second-order valence-corrected chi connectivity index (χ2v) is 50.4. The van der Waals surface area contributed by atoms with E-state index in [1.165, 1.54) is 317 Å². The Morgan fingerprint density at radius 2 is 0.507 bits per heavy atom. The van der Waals surface area contributed by atoms with E-state index in [0.29, 0.717) is 0 Å². The van der Waals surface area contributed by atoms with Crippen molar-refractivity contribution in [3.8, 4) is 73.5 Å². The van der Waals surface area contributed by atoms with Crippen LogP contribution in [0.2, 0.25) is 0 Å². The normalized spacial score (nSPS) is 15.3. The van der Waals surface area contributed by atoms with Gasteiger partial charge in [0.15, 0.2) is 11.2 Å². The molecule has 2 unspecified atom stereocenters. The number of hydrogen-bond acceptors (Lipinski definition) is 14. The van der Waals surface area contributed by atoms with Crippen LogP contribution in [-0.4, -0.2) is 13.2 Å². The molecule has 0 radical (unpaired) electrons. The van der Waals surface area contributed by atoms with E-state index < -0.39 is 11.2 Å². The van der Waals surface area contributed by atoms with Gasteiger partial charge in [-0.1, -0.05) is 321 Å². The van der Waals surface area contributed by atoms with Gasteiger partial charge in [0.25, 0.3) is 0 Å². The molecule has 0 aliphatic carbocycles. The molecule has 0 saturated carbocycles. The maximum Gasteiger partial charge on any atom is 0.186 e. The van der Waals surface area contributed by atoms with Gasteiger partial charge in [-0.05, 0) is 216 Å². The summed E-state index contributed by atoms with van der Waals surface area (Å²) in [5.41, 5.74) is 8.41. The van der Waals surface area contributed by atoms with Crippen LogP contribution >= 0.6 is 90.7 Å². The highest BCUT2D eigenvalue weighted by Crippen LogP contribution is 2.62. The number of rotatable bonds is 48. The molecule has 16 rings (SSSR count). The van der Waals surface area contributed by atoms with Crippen LogP contribution in [-0.2, 0) is 22.4 Å². The smallest absolute Gasteiger partial charge is 0.186 e. The SMILES string of the molecule is CCCCCCCCC1(CCCCCCCC)Oc2cc(C)sc2-c2sc(C)cc21.CCCCCCCCOc1ccc(C2(c3ccc(OCCCCCCCC)cc3)Oc3cc(C)sc3-c3sc(C)cc32)cc1.Cc1cc2c(s1)-c1sc(C)cc1C(CCC(C)CCCC(C)C)(CCC(C)CCCC(C)C)O2.Cc1cc2c(s1)-c1sc(C)cc1C(c1ccccc1)(c1ccccc1)O2. The van der Waals surface area contributed by atoms with E-state index in [-0.39, 0.29) is 11.2 Å². The van der Waals surface area contributed by atoms with Crippen LogP contribution in [0.5, 0.6) is 34.5 Å². The van der Waals surface area contributed by atoms with Gasteiger partial charge >= 0.3 is 0 Å². The van der Waals surface area contributed by atoms with Crippen molar-refractivity contribution in [2.24, 2.45) is 23.7 Å². The summed E-state index contributed by atoms with van der Waals surface area (Å²) in [4.78, 5) is 21.6. The van der Waals surface area contributed by atoms with Crippen molar-refractivity contribution < 1.29 is 28.4 Å².